The second-order valence-corrected chi connectivity index (χ2v) is 10.4. The summed E-state index contributed by atoms with van der Waals surface area (Å²) in [4.78, 5) is 12.8. The van der Waals surface area contributed by atoms with E-state index in [0.29, 0.717) is 16.8 Å². The highest BCUT2D eigenvalue weighted by Crippen LogP contribution is 2.26. The molecule has 0 spiro atoms. The molecule has 0 fully saturated rings. The summed E-state index contributed by atoms with van der Waals surface area (Å²) in [6.45, 7) is 2.02. The van der Waals surface area contributed by atoms with E-state index in [2.05, 4.69) is 23.5 Å². The van der Waals surface area contributed by atoms with Crippen molar-refractivity contribution in [2.75, 3.05) is 10.6 Å². The van der Waals surface area contributed by atoms with Gasteiger partial charge < -0.3 is 5.32 Å². The highest BCUT2D eigenvalue weighted by atomic mass is 32.2. The van der Waals surface area contributed by atoms with Crippen LogP contribution in [0.3, 0.4) is 0 Å². The molecule has 0 saturated heterocycles. The summed E-state index contributed by atoms with van der Waals surface area (Å²) in [6, 6.07) is 18.4. The van der Waals surface area contributed by atoms with E-state index in [1.807, 2.05) is 6.92 Å². The highest BCUT2D eigenvalue weighted by Gasteiger charge is 2.20. The maximum atomic E-state index is 13.2. The largest absolute Gasteiger partial charge is 0.346 e. The molecule has 1 atom stereocenters. The average molecular weight is 467 g/mol. The first-order chi connectivity index (χ1) is 15.7. The van der Waals surface area contributed by atoms with Gasteiger partial charge in [-0.1, -0.05) is 30.3 Å². The molecule has 0 heterocycles. The Balaban J connectivity index is 1.47. The van der Waals surface area contributed by atoms with Crippen LogP contribution in [-0.2, 0) is 29.4 Å². The Morgan fingerprint density at radius 3 is 2.33 bits per heavy atom. The number of aryl methyl sites for hydroxylation is 2. The number of sulfonamides is 1. The summed E-state index contributed by atoms with van der Waals surface area (Å²) in [6.07, 6.45) is 4.50. The van der Waals surface area contributed by atoms with Crippen LogP contribution in [0.25, 0.3) is 0 Å². The smallest absolute Gasteiger partial charge is 0.251 e. The Hall–Kier alpha value is -3.19. The predicted octanol–water partition coefficient (Wildman–Crippen LogP) is 4.77. The second-order valence-electron chi connectivity index (χ2n) is 8.52. The van der Waals surface area contributed by atoms with E-state index >= 15 is 0 Å². The molecule has 1 amide bonds. The number of hydrogen-bond donors (Lipinski definition) is 1. The molecule has 4 rings (SSSR count). The molecule has 1 unspecified atom stereocenters. The fourth-order valence-corrected chi connectivity index (χ4v) is 5.05. The maximum Gasteiger partial charge on any atom is 0.251 e. The van der Waals surface area contributed by atoms with E-state index in [9.17, 15) is 17.6 Å². The van der Waals surface area contributed by atoms with Crippen molar-refractivity contribution in [3.05, 3.63) is 100 Å². The SMILES string of the molecule is CC(NC(=O)c1ccc(N(Cc2ccc(F)cc2)S(C)(=O)=O)cc1)c1ccc2c(c1)CCC2. The van der Waals surface area contributed by atoms with E-state index in [1.54, 1.807) is 36.4 Å². The van der Waals surface area contributed by atoms with E-state index in [0.717, 1.165) is 24.7 Å². The first-order valence-electron chi connectivity index (χ1n) is 11.0. The molecular formula is C26H27FN2O3S. The number of amides is 1. The summed E-state index contributed by atoms with van der Waals surface area (Å²) < 4.78 is 39.2. The quantitative estimate of drug-likeness (QED) is 0.545. The fourth-order valence-electron chi connectivity index (χ4n) is 4.16. The summed E-state index contributed by atoms with van der Waals surface area (Å²) in [5, 5.41) is 3.02. The van der Waals surface area contributed by atoms with Crippen LogP contribution in [0, 0.1) is 5.82 Å². The van der Waals surface area contributed by atoms with Gasteiger partial charge in [-0.25, -0.2) is 12.8 Å². The number of hydrogen-bond acceptors (Lipinski definition) is 3. The number of nitrogens with zero attached hydrogens (tertiary/aromatic N) is 1. The lowest BCUT2D eigenvalue weighted by Gasteiger charge is -2.23. The van der Waals surface area contributed by atoms with Crippen molar-refractivity contribution in [2.24, 2.45) is 0 Å². The van der Waals surface area contributed by atoms with Crippen LogP contribution in [0.4, 0.5) is 10.1 Å². The minimum absolute atomic E-state index is 0.0695. The van der Waals surface area contributed by atoms with Crippen molar-refractivity contribution in [3.63, 3.8) is 0 Å². The lowest BCUT2D eigenvalue weighted by Crippen LogP contribution is -2.29. The number of carbonyl (C=O) groups is 1. The molecule has 33 heavy (non-hydrogen) atoms. The van der Waals surface area contributed by atoms with Gasteiger partial charge in [-0.3, -0.25) is 9.10 Å². The van der Waals surface area contributed by atoms with Crippen molar-refractivity contribution < 1.29 is 17.6 Å². The molecule has 1 aliphatic carbocycles. The van der Waals surface area contributed by atoms with Crippen LogP contribution in [0.5, 0.6) is 0 Å². The van der Waals surface area contributed by atoms with Crippen molar-refractivity contribution in [2.45, 2.75) is 38.8 Å². The number of carbonyl (C=O) groups excluding carboxylic acids is 1. The number of nitrogens with one attached hydrogen (secondary N) is 1. The standard InChI is InChI=1S/C26H27FN2O3S/c1-18(22-9-8-20-4-3-5-23(20)16-22)28-26(30)21-10-14-25(15-11-21)29(33(2,31)32)17-19-6-12-24(27)13-7-19/h6-16,18H,3-5,17H2,1-2H3,(H,28,30). The molecule has 0 aromatic heterocycles. The Labute approximate surface area is 194 Å². The number of anilines is 1. The molecule has 3 aromatic rings. The number of halogens is 1. The van der Waals surface area contributed by atoms with Crippen molar-refractivity contribution in [1.29, 1.82) is 0 Å². The molecule has 0 aliphatic heterocycles. The summed E-state index contributed by atoms with van der Waals surface area (Å²) in [5.41, 5.74) is 5.37. The molecule has 7 heteroatoms. The minimum Gasteiger partial charge on any atom is -0.346 e. The Morgan fingerprint density at radius 2 is 1.67 bits per heavy atom. The van der Waals surface area contributed by atoms with E-state index in [1.165, 1.54) is 34.0 Å². The van der Waals surface area contributed by atoms with Gasteiger partial charge >= 0.3 is 0 Å². The first-order valence-corrected chi connectivity index (χ1v) is 12.8. The van der Waals surface area contributed by atoms with Crippen LogP contribution >= 0.6 is 0 Å². The molecule has 3 aromatic carbocycles. The van der Waals surface area contributed by atoms with E-state index < -0.39 is 10.0 Å². The van der Waals surface area contributed by atoms with E-state index in [-0.39, 0.29) is 24.3 Å². The van der Waals surface area contributed by atoms with Crippen molar-refractivity contribution >= 4 is 21.6 Å². The van der Waals surface area contributed by atoms with Gasteiger partial charge in [0.25, 0.3) is 5.91 Å². The Kier molecular flexibility index (Phi) is 6.51. The van der Waals surface area contributed by atoms with Gasteiger partial charge in [0.1, 0.15) is 5.82 Å². The van der Waals surface area contributed by atoms with Gasteiger partial charge in [0.2, 0.25) is 10.0 Å². The number of benzene rings is 3. The fraction of sp³-hybridized carbons (Fsp3) is 0.269. The number of fused-ring (bicyclic) bond motifs is 1. The Morgan fingerprint density at radius 1 is 1.00 bits per heavy atom. The third-order valence-corrected chi connectivity index (χ3v) is 7.17. The van der Waals surface area contributed by atoms with Crippen LogP contribution in [-0.4, -0.2) is 20.6 Å². The molecule has 1 aliphatic rings. The van der Waals surface area contributed by atoms with Crippen molar-refractivity contribution in [3.8, 4) is 0 Å². The first kappa shape index (κ1) is 23.0. The van der Waals surface area contributed by atoms with Gasteiger partial charge in [-0.05, 0) is 84.8 Å². The van der Waals surface area contributed by atoms with Crippen LogP contribution in [0.2, 0.25) is 0 Å². The zero-order chi connectivity index (χ0) is 23.6. The maximum absolute atomic E-state index is 13.2. The summed E-state index contributed by atoms with van der Waals surface area (Å²) in [5.74, 6) is -0.604. The van der Waals surface area contributed by atoms with Gasteiger partial charge in [0.05, 0.1) is 24.5 Å². The summed E-state index contributed by atoms with van der Waals surface area (Å²) in [7, 11) is -3.58. The highest BCUT2D eigenvalue weighted by molar-refractivity contribution is 7.92. The normalized spacial score (nSPS) is 13.9. The van der Waals surface area contributed by atoms with Gasteiger partial charge in [-0.15, -0.1) is 0 Å². The third kappa shape index (κ3) is 5.42. The van der Waals surface area contributed by atoms with Crippen LogP contribution < -0.4 is 9.62 Å². The Bertz CT molecular complexity index is 1260. The monoisotopic (exact) mass is 466 g/mol. The zero-order valence-electron chi connectivity index (χ0n) is 18.7. The molecule has 0 radical (unpaired) electrons. The lowest BCUT2D eigenvalue weighted by atomic mass is 10.0. The van der Waals surface area contributed by atoms with Gasteiger partial charge in [0, 0.05) is 5.56 Å². The minimum atomic E-state index is -3.58. The van der Waals surface area contributed by atoms with Crippen LogP contribution in [0.1, 0.15) is 52.0 Å². The molecule has 0 saturated carbocycles. The molecule has 5 nitrogen and oxygen atoms in total. The lowest BCUT2D eigenvalue weighted by molar-refractivity contribution is 0.0940. The topological polar surface area (TPSA) is 66.5 Å². The third-order valence-electron chi connectivity index (χ3n) is 6.03. The molecule has 172 valence electrons. The predicted molar refractivity (Wildman–Crippen MR) is 128 cm³/mol. The van der Waals surface area contributed by atoms with E-state index in [4.69, 9.17) is 0 Å². The molecule has 1 N–H and O–H groups in total. The van der Waals surface area contributed by atoms with Gasteiger partial charge in [-0.2, -0.15) is 0 Å². The number of rotatable bonds is 7. The second kappa shape index (κ2) is 9.35. The average Bonchev–Trinajstić information content (AvgIpc) is 3.26. The molecule has 0 bridgehead atoms. The van der Waals surface area contributed by atoms with Crippen LogP contribution in [0.15, 0.2) is 66.7 Å². The summed E-state index contributed by atoms with van der Waals surface area (Å²) >= 11 is 0. The zero-order valence-corrected chi connectivity index (χ0v) is 19.5. The van der Waals surface area contributed by atoms with Gasteiger partial charge in [0.15, 0.2) is 0 Å². The molecular weight excluding hydrogens is 439 g/mol. The van der Waals surface area contributed by atoms with Crippen molar-refractivity contribution in [1.82, 2.24) is 5.32 Å².